The van der Waals surface area contributed by atoms with Crippen molar-refractivity contribution in [2.45, 2.75) is 26.7 Å². The van der Waals surface area contributed by atoms with Crippen LogP contribution in [0.2, 0.25) is 0 Å². The topological polar surface area (TPSA) is 56.0 Å². The van der Waals surface area contributed by atoms with Crippen molar-refractivity contribution in [3.8, 4) is 11.3 Å². The average molecular weight is 324 g/mol. The Kier molecular flexibility index (Phi) is 4.51. The first kappa shape index (κ1) is 16.1. The molecule has 0 N–H and O–H groups in total. The summed E-state index contributed by atoms with van der Waals surface area (Å²) in [7, 11) is 0. The molecule has 0 bridgehead atoms. The number of aromatic nitrogens is 2. The zero-order chi connectivity index (χ0) is 17.1. The van der Waals surface area contributed by atoms with Gasteiger partial charge < -0.3 is 4.52 Å². The van der Waals surface area contributed by atoms with E-state index in [1.54, 1.807) is 18.2 Å². The summed E-state index contributed by atoms with van der Waals surface area (Å²) >= 11 is 0. The zero-order valence-electron chi connectivity index (χ0n) is 13.5. The van der Waals surface area contributed by atoms with Gasteiger partial charge in [-0.2, -0.15) is 0 Å². The quantitative estimate of drug-likeness (QED) is 0.656. The van der Waals surface area contributed by atoms with Gasteiger partial charge in [-0.3, -0.25) is 9.78 Å². The van der Waals surface area contributed by atoms with Crippen molar-refractivity contribution in [1.82, 2.24) is 10.1 Å². The van der Waals surface area contributed by atoms with Crippen LogP contribution in [0.3, 0.4) is 0 Å². The number of rotatable bonds is 5. The number of benzene rings is 1. The molecule has 0 saturated carbocycles. The largest absolute Gasteiger partial charge is 0.361 e. The molecule has 122 valence electrons. The van der Waals surface area contributed by atoms with Crippen molar-refractivity contribution < 1.29 is 13.7 Å². The summed E-state index contributed by atoms with van der Waals surface area (Å²) in [6, 6.07) is 11.5. The number of Topliss-reactive ketones (excluding diaryl/α,β-unsaturated/α-hetero) is 1. The molecule has 0 fully saturated rings. The first-order valence-electron chi connectivity index (χ1n) is 7.72. The van der Waals surface area contributed by atoms with Gasteiger partial charge in [-0.25, -0.2) is 4.39 Å². The van der Waals surface area contributed by atoms with Crippen LogP contribution in [0.1, 0.15) is 33.9 Å². The Morgan fingerprint density at radius 1 is 1.12 bits per heavy atom. The molecule has 2 heterocycles. The second-order valence-electron chi connectivity index (χ2n) is 5.69. The van der Waals surface area contributed by atoms with Crippen molar-refractivity contribution in [3.05, 3.63) is 71.0 Å². The van der Waals surface area contributed by atoms with E-state index < -0.39 is 0 Å². The lowest BCUT2D eigenvalue weighted by Gasteiger charge is -2.04. The number of halogens is 1. The maximum Gasteiger partial charge on any atom is 0.165 e. The van der Waals surface area contributed by atoms with Gasteiger partial charge in [0.1, 0.15) is 17.3 Å². The summed E-state index contributed by atoms with van der Waals surface area (Å²) in [5, 5.41) is 3.97. The average Bonchev–Trinajstić information content (AvgIpc) is 3.02. The van der Waals surface area contributed by atoms with Crippen molar-refractivity contribution in [1.29, 1.82) is 0 Å². The first-order chi connectivity index (χ1) is 11.5. The number of nitrogens with zero attached hydrogens (tertiary/aromatic N) is 2. The van der Waals surface area contributed by atoms with Crippen LogP contribution in [0.15, 0.2) is 47.0 Å². The number of pyridine rings is 1. The third kappa shape index (κ3) is 3.56. The fraction of sp³-hybridized carbons (Fsp3) is 0.211. The highest BCUT2D eigenvalue weighted by atomic mass is 19.1. The van der Waals surface area contributed by atoms with E-state index in [1.807, 2.05) is 26.0 Å². The SMILES string of the molecule is Cc1ccc(C(=O)CCc2cc(-c3ccc(F)cc3)no2)c(C)n1. The smallest absolute Gasteiger partial charge is 0.165 e. The predicted molar refractivity (Wildman–Crippen MR) is 88.3 cm³/mol. The molecule has 0 saturated heterocycles. The van der Waals surface area contributed by atoms with E-state index in [2.05, 4.69) is 10.1 Å². The molecule has 5 heteroatoms. The van der Waals surface area contributed by atoms with E-state index in [0.29, 0.717) is 29.9 Å². The van der Waals surface area contributed by atoms with Gasteiger partial charge in [0.25, 0.3) is 0 Å². The standard InChI is InChI=1S/C19H17FN2O2/c1-12-3-9-17(13(2)21-12)19(23)10-8-16-11-18(22-24-16)14-4-6-15(20)7-5-14/h3-7,9,11H,8,10H2,1-2H3. The Morgan fingerprint density at radius 3 is 2.58 bits per heavy atom. The lowest BCUT2D eigenvalue weighted by molar-refractivity contribution is 0.0979. The molecule has 24 heavy (non-hydrogen) atoms. The van der Waals surface area contributed by atoms with Crippen molar-refractivity contribution in [2.24, 2.45) is 0 Å². The number of carbonyl (C=O) groups is 1. The zero-order valence-corrected chi connectivity index (χ0v) is 13.5. The highest BCUT2D eigenvalue weighted by Gasteiger charge is 2.13. The lowest BCUT2D eigenvalue weighted by Crippen LogP contribution is -2.05. The van der Waals surface area contributed by atoms with Crippen LogP contribution in [-0.4, -0.2) is 15.9 Å². The highest BCUT2D eigenvalue weighted by Crippen LogP contribution is 2.20. The van der Waals surface area contributed by atoms with Gasteiger partial charge in [-0.05, 0) is 50.2 Å². The van der Waals surface area contributed by atoms with Gasteiger partial charge >= 0.3 is 0 Å². The Morgan fingerprint density at radius 2 is 1.88 bits per heavy atom. The number of carbonyl (C=O) groups excluding carboxylic acids is 1. The minimum Gasteiger partial charge on any atom is -0.361 e. The Bertz CT molecular complexity index is 869. The number of ketones is 1. The van der Waals surface area contributed by atoms with Crippen molar-refractivity contribution in [2.75, 3.05) is 0 Å². The molecule has 3 aromatic rings. The lowest BCUT2D eigenvalue weighted by atomic mass is 10.0. The van der Waals surface area contributed by atoms with E-state index in [-0.39, 0.29) is 11.6 Å². The maximum atomic E-state index is 12.9. The summed E-state index contributed by atoms with van der Waals surface area (Å²) in [6.07, 6.45) is 0.782. The molecule has 2 aromatic heterocycles. The van der Waals surface area contributed by atoms with Gasteiger partial charge in [-0.15, -0.1) is 0 Å². The Labute approximate surface area is 139 Å². The van der Waals surface area contributed by atoms with Crippen molar-refractivity contribution >= 4 is 5.78 Å². The minimum atomic E-state index is -0.296. The van der Waals surface area contributed by atoms with Crippen LogP contribution >= 0.6 is 0 Å². The molecule has 0 atom stereocenters. The monoisotopic (exact) mass is 324 g/mol. The molecule has 0 spiro atoms. The van der Waals surface area contributed by atoms with Crippen LogP contribution in [0.4, 0.5) is 4.39 Å². The highest BCUT2D eigenvalue weighted by molar-refractivity contribution is 5.97. The molecule has 4 nitrogen and oxygen atoms in total. The summed E-state index contributed by atoms with van der Waals surface area (Å²) in [5.41, 5.74) is 3.67. The second-order valence-corrected chi connectivity index (χ2v) is 5.69. The number of aryl methyl sites for hydroxylation is 3. The molecule has 0 amide bonds. The van der Waals surface area contributed by atoms with Crippen molar-refractivity contribution in [3.63, 3.8) is 0 Å². The van der Waals surface area contributed by atoms with Gasteiger partial charge in [0.05, 0.1) is 0 Å². The molecule has 0 aliphatic heterocycles. The summed E-state index contributed by atoms with van der Waals surface area (Å²) < 4.78 is 18.2. The Hall–Kier alpha value is -2.82. The fourth-order valence-corrected chi connectivity index (χ4v) is 2.54. The van der Waals surface area contributed by atoms with Gasteiger partial charge in [0, 0.05) is 41.4 Å². The third-order valence-corrected chi connectivity index (χ3v) is 3.82. The normalized spacial score (nSPS) is 10.8. The van der Waals surface area contributed by atoms with Gasteiger partial charge in [0.2, 0.25) is 0 Å². The number of hydrogen-bond acceptors (Lipinski definition) is 4. The maximum absolute atomic E-state index is 12.9. The Balaban J connectivity index is 1.67. The van der Waals surface area contributed by atoms with E-state index >= 15 is 0 Å². The predicted octanol–water partition coefficient (Wildman–Crippen LogP) is 4.31. The van der Waals surface area contributed by atoms with E-state index in [9.17, 15) is 9.18 Å². The van der Waals surface area contributed by atoms with Gasteiger partial charge in [-0.1, -0.05) is 5.16 Å². The molecule has 0 radical (unpaired) electrons. The van der Waals surface area contributed by atoms with Crippen LogP contribution in [0.5, 0.6) is 0 Å². The summed E-state index contributed by atoms with van der Waals surface area (Å²) in [6.45, 7) is 3.73. The summed E-state index contributed by atoms with van der Waals surface area (Å²) in [5.74, 6) is 0.357. The molecular weight excluding hydrogens is 307 g/mol. The van der Waals surface area contributed by atoms with E-state index in [4.69, 9.17) is 4.52 Å². The van der Waals surface area contributed by atoms with Crippen LogP contribution in [-0.2, 0) is 6.42 Å². The summed E-state index contributed by atoms with van der Waals surface area (Å²) in [4.78, 5) is 16.6. The third-order valence-electron chi connectivity index (χ3n) is 3.82. The molecule has 3 rings (SSSR count). The fourth-order valence-electron chi connectivity index (χ4n) is 2.54. The molecular formula is C19H17FN2O2. The molecule has 0 aliphatic carbocycles. The molecule has 0 unspecified atom stereocenters. The van der Waals surface area contributed by atoms with Crippen LogP contribution in [0, 0.1) is 19.7 Å². The van der Waals surface area contributed by atoms with E-state index in [1.165, 1.54) is 12.1 Å². The first-order valence-corrected chi connectivity index (χ1v) is 7.72. The minimum absolute atomic E-state index is 0.0275. The number of hydrogen-bond donors (Lipinski definition) is 0. The van der Waals surface area contributed by atoms with Gasteiger partial charge in [0.15, 0.2) is 5.78 Å². The molecule has 1 aromatic carbocycles. The van der Waals surface area contributed by atoms with E-state index in [0.717, 1.165) is 17.0 Å². The second kappa shape index (κ2) is 6.74. The van der Waals surface area contributed by atoms with Crippen LogP contribution in [0.25, 0.3) is 11.3 Å². The molecule has 0 aliphatic rings. The van der Waals surface area contributed by atoms with Crippen LogP contribution < -0.4 is 0 Å².